The van der Waals surface area contributed by atoms with Crippen LogP contribution < -0.4 is 20.7 Å². The summed E-state index contributed by atoms with van der Waals surface area (Å²) in [7, 11) is 0. The SMILES string of the molecule is CCC(CC)NC(=O)C1CN(C(=O)[C@H](C)N)c2ccccc2O1. The third-order valence-corrected chi connectivity index (χ3v) is 4.05. The lowest BCUT2D eigenvalue weighted by molar-refractivity contribution is -0.129. The van der Waals surface area contributed by atoms with E-state index in [2.05, 4.69) is 5.32 Å². The predicted molar refractivity (Wildman–Crippen MR) is 89.4 cm³/mol. The van der Waals surface area contributed by atoms with Crippen molar-refractivity contribution in [1.29, 1.82) is 0 Å². The van der Waals surface area contributed by atoms with Crippen LogP contribution in [0.4, 0.5) is 5.69 Å². The van der Waals surface area contributed by atoms with Crippen LogP contribution in [-0.2, 0) is 9.59 Å². The van der Waals surface area contributed by atoms with Gasteiger partial charge in [0.05, 0.1) is 18.3 Å². The number of nitrogens with one attached hydrogen (secondary N) is 1. The van der Waals surface area contributed by atoms with Gasteiger partial charge in [-0.2, -0.15) is 0 Å². The zero-order valence-corrected chi connectivity index (χ0v) is 13.9. The third-order valence-electron chi connectivity index (χ3n) is 4.05. The van der Waals surface area contributed by atoms with Gasteiger partial charge in [-0.25, -0.2) is 0 Å². The number of hydrogen-bond donors (Lipinski definition) is 2. The summed E-state index contributed by atoms with van der Waals surface area (Å²) in [5.74, 6) is 0.106. The van der Waals surface area contributed by atoms with Crippen LogP contribution in [0.3, 0.4) is 0 Å². The molecule has 2 rings (SSSR count). The molecule has 0 aromatic heterocycles. The van der Waals surface area contributed by atoms with E-state index in [0.717, 1.165) is 12.8 Å². The molecule has 0 aliphatic carbocycles. The van der Waals surface area contributed by atoms with Crippen molar-refractivity contribution in [3.05, 3.63) is 24.3 Å². The standard InChI is InChI=1S/C17H25N3O3/c1-4-12(5-2)19-16(21)15-10-20(17(22)11(3)18)13-8-6-7-9-14(13)23-15/h6-9,11-12,15H,4-5,10,18H2,1-3H3,(H,19,21)/t11-,15?/m0/s1. The number of nitrogens with two attached hydrogens (primary N) is 1. The number of hydrogen-bond acceptors (Lipinski definition) is 4. The van der Waals surface area contributed by atoms with Crippen LogP contribution in [0.5, 0.6) is 5.75 Å². The Labute approximate surface area is 137 Å². The van der Waals surface area contributed by atoms with E-state index in [4.69, 9.17) is 10.5 Å². The van der Waals surface area contributed by atoms with Gasteiger partial charge in [-0.15, -0.1) is 0 Å². The van der Waals surface area contributed by atoms with Gasteiger partial charge in [-0.05, 0) is 31.9 Å². The Morgan fingerprint density at radius 3 is 2.61 bits per heavy atom. The molecule has 1 aliphatic rings. The second kappa shape index (κ2) is 7.46. The number of para-hydroxylation sites is 2. The Hall–Kier alpha value is -2.08. The molecule has 23 heavy (non-hydrogen) atoms. The predicted octanol–water partition coefficient (Wildman–Crippen LogP) is 1.43. The van der Waals surface area contributed by atoms with E-state index in [1.165, 1.54) is 0 Å². The average Bonchev–Trinajstić information content (AvgIpc) is 2.57. The highest BCUT2D eigenvalue weighted by Crippen LogP contribution is 2.33. The number of carbonyl (C=O) groups excluding carboxylic acids is 2. The molecule has 1 unspecified atom stereocenters. The van der Waals surface area contributed by atoms with Crippen molar-refractivity contribution in [2.24, 2.45) is 5.73 Å². The fourth-order valence-electron chi connectivity index (χ4n) is 2.61. The first-order valence-corrected chi connectivity index (χ1v) is 8.10. The van der Waals surface area contributed by atoms with Crippen molar-refractivity contribution in [3.63, 3.8) is 0 Å². The monoisotopic (exact) mass is 319 g/mol. The lowest BCUT2D eigenvalue weighted by Gasteiger charge is -2.35. The molecule has 3 N–H and O–H groups in total. The zero-order chi connectivity index (χ0) is 17.0. The smallest absolute Gasteiger partial charge is 0.263 e. The normalized spacial score (nSPS) is 18.1. The fourth-order valence-corrected chi connectivity index (χ4v) is 2.61. The molecule has 0 saturated heterocycles. The van der Waals surface area contributed by atoms with E-state index < -0.39 is 12.1 Å². The molecular weight excluding hydrogens is 294 g/mol. The quantitative estimate of drug-likeness (QED) is 0.860. The van der Waals surface area contributed by atoms with Crippen molar-refractivity contribution >= 4 is 17.5 Å². The number of benzene rings is 1. The van der Waals surface area contributed by atoms with E-state index in [1.807, 2.05) is 26.0 Å². The van der Waals surface area contributed by atoms with Crippen LogP contribution in [0.15, 0.2) is 24.3 Å². The number of amides is 2. The molecule has 126 valence electrons. The van der Waals surface area contributed by atoms with Crippen LogP contribution >= 0.6 is 0 Å². The molecule has 0 bridgehead atoms. The minimum absolute atomic E-state index is 0.112. The van der Waals surface area contributed by atoms with Gasteiger partial charge in [0.25, 0.3) is 5.91 Å². The first-order valence-electron chi connectivity index (χ1n) is 8.10. The van der Waals surface area contributed by atoms with Crippen LogP contribution in [0.2, 0.25) is 0 Å². The molecule has 0 fully saturated rings. The van der Waals surface area contributed by atoms with Gasteiger partial charge < -0.3 is 20.7 Å². The maximum Gasteiger partial charge on any atom is 0.263 e. The fraction of sp³-hybridized carbons (Fsp3) is 0.529. The average molecular weight is 319 g/mol. The van der Waals surface area contributed by atoms with Crippen molar-refractivity contribution in [2.75, 3.05) is 11.4 Å². The number of nitrogens with zero attached hydrogens (tertiary/aromatic N) is 1. The number of rotatable bonds is 5. The highest BCUT2D eigenvalue weighted by atomic mass is 16.5. The third kappa shape index (κ3) is 3.82. The second-order valence-electron chi connectivity index (χ2n) is 5.83. The summed E-state index contributed by atoms with van der Waals surface area (Å²) in [6, 6.07) is 6.67. The van der Waals surface area contributed by atoms with Gasteiger partial charge in [-0.3, -0.25) is 9.59 Å². The van der Waals surface area contributed by atoms with E-state index in [9.17, 15) is 9.59 Å². The summed E-state index contributed by atoms with van der Waals surface area (Å²) < 4.78 is 5.80. The molecule has 6 nitrogen and oxygen atoms in total. The maximum atomic E-state index is 12.5. The summed E-state index contributed by atoms with van der Waals surface area (Å²) >= 11 is 0. The highest BCUT2D eigenvalue weighted by molar-refractivity contribution is 6.00. The lowest BCUT2D eigenvalue weighted by Crippen LogP contribution is -2.54. The molecule has 6 heteroatoms. The largest absolute Gasteiger partial charge is 0.477 e. The van der Waals surface area contributed by atoms with Crippen molar-refractivity contribution in [1.82, 2.24) is 5.32 Å². The summed E-state index contributed by atoms with van der Waals surface area (Å²) in [5, 5.41) is 2.97. The minimum atomic E-state index is -0.729. The van der Waals surface area contributed by atoms with Crippen LogP contribution in [-0.4, -0.2) is 36.5 Å². The second-order valence-corrected chi connectivity index (χ2v) is 5.83. The molecule has 2 amide bonds. The number of fused-ring (bicyclic) bond motifs is 1. The van der Waals surface area contributed by atoms with Gasteiger partial charge in [0.1, 0.15) is 5.75 Å². The zero-order valence-electron chi connectivity index (χ0n) is 13.9. The molecule has 0 spiro atoms. The summed E-state index contributed by atoms with van der Waals surface area (Å²) in [6.07, 6.45) is 0.982. The van der Waals surface area contributed by atoms with E-state index in [-0.39, 0.29) is 24.4 Å². The first-order chi connectivity index (χ1) is 11.0. The summed E-state index contributed by atoms with van der Waals surface area (Å²) in [4.78, 5) is 26.4. The van der Waals surface area contributed by atoms with E-state index >= 15 is 0 Å². The Morgan fingerprint density at radius 2 is 2.00 bits per heavy atom. The number of anilines is 1. The lowest BCUT2D eigenvalue weighted by atomic mass is 10.1. The Balaban J connectivity index is 2.22. The van der Waals surface area contributed by atoms with Gasteiger partial charge in [0.15, 0.2) is 6.10 Å². The van der Waals surface area contributed by atoms with Gasteiger partial charge >= 0.3 is 0 Å². The molecule has 0 radical (unpaired) electrons. The molecule has 1 aromatic carbocycles. The number of carbonyl (C=O) groups is 2. The molecule has 1 heterocycles. The molecule has 1 aliphatic heterocycles. The molecule has 2 atom stereocenters. The van der Waals surface area contributed by atoms with Crippen LogP contribution in [0, 0.1) is 0 Å². The molecule has 1 aromatic rings. The maximum absolute atomic E-state index is 12.5. The molecule has 0 saturated carbocycles. The van der Waals surface area contributed by atoms with Crippen LogP contribution in [0.25, 0.3) is 0 Å². The highest BCUT2D eigenvalue weighted by Gasteiger charge is 2.35. The first kappa shape index (κ1) is 17.3. The van der Waals surface area contributed by atoms with E-state index in [1.54, 1.807) is 24.0 Å². The minimum Gasteiger partial charge on any atom is -0.477 e. The Kier molecular flexibility index (Phi) is 5.60. The summed E-state index contributed by atoms with van der Waals surface area (Å²) in [5.41, 5.74) is 6.39. The van der Waals surface area contributed by atoms with Gasteiger partial charge in [-0.1, -0.05) is 26.0 Å². The Bertz CT molecular complexity index is 570. The summed E-state index contributed by atoms with van der Waals surface area (Å²) in [6.45, 7) is 5.86. The molecular formula is C17H25N3O3. The Morgan fingerprint density at radius 1 is 1.35 bits per heavy atom. The van der Waals surface area contributed by atoms with Gasteiger partial charge in [0, 0.05) is 6.04 Å². The van der Waals surface area contributed by atoms with Crippen LogP contribution in [0.1, 0.15) is 33.6 Å². The topological polar surface area (TPSA) is 84.7 Å². The van der Waals surface area contributed by atoms with E-state index in [0.29, 0.717) is 11.4 Å². The van der Waals surface area contributed by atoms with Crippen molar-refractivity contribution < 1.29 is 14.3 Å². The number of ether oxygens (including phenoxy) is 1. The van der Waals surface area contributed by atoms with Gasteiger partial charge in [0.2, 0.25) is 5.91 Å². The van der Waals surface area contributed by atoms with Crippen molar-refractivity contribution in [2.45, 2.75) is 51.8 Å². The van der Waals surface area contributed by atoms with Crippen molar-refractivity contribution in [3.8, 4) is 5.75 Å².